The average Bonchev–Trinajstić information content (AvgIpc) is 2.83. The van der Waals surface area contributed by atoms with Crippen LogP contribution >= 0.6 is 23.4 Å². The SMILES string of the molecule is CSc1nccc(C#Cc2cncnc2Nc2ccc(OCc3cccc(F)c3)c(Cl)c2)n1. The van der Waals surface area contributed by atoms with Crippen molar-refractivity contribution in [3.05, 3.63) is 94.9 Å². The molecule has 2 aromatic heterocycles. The minimum atomic E-state index is -0.310. The molecule has 1 N–H and O–H groups in total. The summed E-state index contributed by atoms with van der Waals surface area (Å²) in [5.74, 6) is 6.76. The van der Waals surface area contributed by atoms with E-state index in [1.807, 2.05) is 6.26 Å². The van der Waals surface area contributed by atoms with Crippen molar-refractivity contribution in [2.75, 3.05) is 11.6 Å². The van der Waals surface area contributed by atoms with E-state index < -0.39 is 0 Å². The third-order valence-electron chi connectivity index (χ3n) is 4.33. The molecule has 0 aliphatic heterocycles. The van der Waals surface area contributed by atoms with E-state index in [1.54, 1.807) is 48.8 Å². The molecule has 4 aromatic rings. The molecule has 0 aliphatic rings. The van der Waals surface area contributed by atoms with Gasteiger partial charge in [-0.2, -0.15) is 0 Å². The second kappa shape index (κ2) is 10.8. The Hall–Kier alpha value is -3.67. The number of benzene rings is 2. The van der Waals surface area contributed by atoms with Gasteiger partial charge in [0.25, 0.3) is 0 Å². The predicted molar refractivity (Wildman–Crippen MR) is 127 cm³/mol. The number of nitrogens with zero attached hydrogens (tertiary/aromatic N) is 4. The zero-order valence-electron chi connectivity index (χ0n) is 17.4. The lowest BCUT2D eigenvalue weighted by Crippen LogP contribution is -1.99. The van der Waals surface area contributed by atoms with Gasteiger partial charge in [-0.15, -0.1) is 0 Å². The molecule has 9 heteroatoms. The molecule has 0 radical (unpaired) electrons. The van der Waals surface area contributed by atoms with Gasteiger partial charge in [-0.1, -0.05) is 41.4 Å². The Morgan fingerprint density at radius 2 is 2.03 bits per heavy atom. The molecule has 0 atom stereocenters. The van der Waals surface area contributed by atoms with E-state index in [2.05, 4.69) is 37.1 Å². The zero-order valence-corrected chi connectivity index (χ0v) is 19.0. The summed E-state index contributed by atoms with van der Waals surface area (Å²) in [5, 5.41) is 4.26. The van der Waals surface area contributed by atoms with Crippen molar-refractivity contribution in [3.63, 3.8) is 0 Å². The highest BCUT2D eigenvalue weighted by Crippen LogP contribution is 2.30. The summed E-state index contributed by atoms with van der Waals surface area (Å²) in [6, 6.07) is 13.2. The van der Waals surface area contributed by atoms with Gasteiger partial charge in [-0.25, -0.2) is 24.3 Å². The van der Waals surface area contributed by atoms with E-state index in [4.69, 9.17) is 16.3 Å². The van der Waals surface area contributed by atoms with Crippen molar-refractivity contribution >= 4 is 34.9 Å². The van der Waals surface area contributed by atoms with Gasteiger partial charge in [-0.3, -0.25) is 0 Å². The standard InChI is InChI=1S/C24H17ClFN5OS/c1-33-24-28-10-9-19(31-24)6-5-17-13-27-15-29-23(17)30-20-7-8-22(21(25)12-20)32-14-16-3-2-4-18(26)11-16/h2-4,7-13,15H,14H2,1H3,(H,27,29,30). The summed E-state index contributed by atoms with van der Waals surface area (Å²) >= 11 is 7.83. The Kier molecular flexibility index (Phi) is 7.35. The maximum Gasteiger partial charge on any atom is 0.188 e. The first-order chi connectivity index (χ1) is 16.1. The molecule has 0 saturated heterocycles. The Balaban J connectivity index is 1.48. The molecular formula is C24H17ClFN5OS. The molecule has 0 amide bonds. The van der Waals surface area contributed by atoms with Crippen LogP contribution in [0.3, 0.4) is 0 Å². The van der Waals surface area contributed by atoms with Crippen molar-refractivity contribution in [1.29, 1.82) is 0 Å². The molecule has 164 valence electrons. The van der Waals surface area contributed by atoms with E-state index >= 15 is 0 Å². The summed E-state index contributed by atoms with van der Waals surface area (Å²) in [7, 11) is 0. The summed E-state index contributed by atoms with van der Waals surface area (Å²) in [5.41, 5.74) is 2.62. The number of nitrogens with one attached hydrogen (secondary N) is 1. The Morgan fingerprint density at radius 1 is 1.12 bits per heavy atom. The van der Waals surface area contributed by atoms with Crippen LogP contribution in [0.5, 0.6) is 5.75 Å². The lowest BCUT2D eigenvalue weighted by atomic mass is 10.2. The second-order valence-corrected chi connectivity index (χ2v) is 7.83. The summed E-state index contributed by atoms with van der Waals surface area (Å²) in [6.07, 6.45) is 6.63. The normalized spacial score (nSPS) is 10.3. The van der Waals surface area contributed by atoms with Gasteiger partial charge < -0.3 is 10.1 Å². The summed E-state index contributed by atoms with van der Waals surface area (Å²) < 4.78 is 19.1. The third kappa shape index (κ3) is 6.19. The monoisotopic (exact) mass is 477 g/mol. The number of anilines is 2. The number of halogens is 2. The van der Waals surface area contributed by atoms with E-state index in [0.29, 0.717) is 44.3 Å². The van der Waals surface area contributed by atoms with Crippen molar-refractivity contribution in [3.8, 4) is 17.6 Å². The number of thioether (sulfide) groups is 1. The fourth-order valence-corrected chi connectivity index (χ4v) is 3.37. The highest BCUT2D eigenvalue weighted by molar-refractivity contribution is 7.98. The van der Waals surface area contributed by atoms with Crippen LogP contribution in [0.25, 0.3) is 0 Å². The third-order valence-corrected chi connectivity index (χ3v) is 5.19. The maximum absolute atomic E-state index is 13.3. The molecule has 33 heavy (non-hydrogen) atoms. The van der Waals surface area contributed by atoms with Crippen LogP contribution in [-0.2, 0) is 6.61 Å². The molecule has 6 nitrogen and oxygen atoms in total. The summed E-state index contributed by atoms with van der Waals surface area (Å²) in [4.78, 5) is 16.8. The van der Waals surface area contributed by atoms with E-state index in [1.165, 1.54) is 30.2 Å². The van der Waals surface area contributed by atoms with Crippen molar-refractivity contribution in [2.24, 2.45) is 0 Å². The van der Waals surface area contributed by atoms with Crippen LogP contribution in [0.4, 0.5) is 15.9 Å². The molecule has 2 heterocycles. The molecular weight excluding hydrogens is 461 g/mol. The highest BCUT2D eigenvalue weighted by Gasteiger charge is 2.07. The van der Waals surface area contributed by atoms with E-state index in [0.717, 1.165) is 0 Å². The van der Waals surface area contributed by atoms with Crippen molar-refractivity contribution in [2.45, 2.75) is 11.8 Å². The molecule has 0 aliphatic carbocycles. The fraction of sp³-hybridized carbons (Fsp3) is 0.0833. The van der Waals surface area contributed by atoms with Crippen LogP contribution in [0.15, 0.2) is 72.4 Å². The molecule has 4 rings (SSSR count). The number of hydrogen-bond donors (Lipinski definition) is 1. The van der Waals surface area contributed by atoms with Gasteiger partial charge in [0.2, 0.25) is 0 Å². The minimum absolute atomic E-state index is 0.206. The molecule has 0 saturated carbocycles. The maximum atomic E-state index is 13.3. The lowest BCUT2D eigenvalue weighted by molar-refractivity contribution is 0.306. The number of ether oxygens (including phenoxy) is 1. The highest BCUT2D eigenvalue weighted by atomic mass is 35.5. The molecule has 2 aromatic carbocycles. The van der Waals surface area contributed by atoms with Crippen molar-refractivity contribution in [1.82, 2.24) is 19.9 Å². The Morgan fingerprint density at radius 3 is 2.85 bits per heavy atom. The Bertz CT molecular complexity index is 1340. The van der Waals surface area contributed by atoms with Gasteiger partial charge in [0.15, 0.2) is 5.16 Å². The Labute approximate surface area is 199 Å². The molecule has 0 fully saturated rings. The van der Waals surface area contributed by atoms with Gasteiger partial charge in [0.05, 0.1) is 10.6 Å². The topological polar surface area (TPSA) is 72.8 Å². The smallest absolute Gasteiger partial charge is 0.188 e. The van der Waals surface area contributed by atoms with E-state index in [9.17, 15) is 4.39 Å². The fourth-order valence-electron chi connectivity index (χ4n) is 2.78. The molecule has 0 unspecified atom stereocenters. The van der Waals surface area contributed by atoms with Gasteiger partial charge in [-0.05, 0) is 54.1 Å². The first-order valence-corrected chi connectivity index (χ1v) is 11.3. The number of aromatic nitrogens is 4. The van der Waals surface area contributed by atoms with Crippen LogP contribution < -0.4 is 10.1 Å². The quantitative estimate of drug-likeness (QED) is 0.223. The molecule has 0 spiro atoms. The number of hydrogen-bond acceptors (Lipinski definition) is 7. The largest absolute Gasteiger partial charge is 0.487 e. The average molecular weight is 478 g/mol. The van der Waals surface area contributed by atoms with Gasteiger partial charge >= 0.3 is 0 Å². The van der Waals surface area contributed by atoms with Crippen LogP contribution in [0, 0.1) is 17.7 Å². The van der Waals surface area contributed by atoms with Crippen molar-refractivity contribution < 1.29 is 9.13 Å². The first-order valence-electron chi connectivity index (χ1n) is 9.73. The summed E-state index contributed by atoms with van der Waals surface area (Å²) in [6.45, 7) is 0.206. The second-order valence-electron chi connectivity index (χ2n) is 6.65. The molecule has 0 bridgehead atoms. The van der Waals surface area contributed by atoms with Crippen LogP contribution in [-0.4, -0.2) is 26.2 Å². The van der Waals surface area contributed by atoms with Gasteiger partial charge in [0, 0.05) is 18.1 Å². The minimum Gasteiger partial charge on any atom is -0.487 e. The lowest BCUT2D eigenvalue weighted by Gasteiger charge is -2.11. The van der Waals surface area contributed by atoms with E-state index in [-0.39, 0.29) is 12.4 Å². The van der Waals surface area contributed by atoms with Crippen LogP contribution in [0.2, 0.25) is 5.02 Å². The van der Waals surface area contributed by atoms with Gasteiger partial charge in [0.1, 0.15) is 36.0 Å². The zero-order chi connectivity index (χ0) is 23.0. The number of rotatable bonds is 6. The first kappa shape index (κ1) is 22.5. The van der Waals surface area contributed by atoms with Crippen LogP contribution in [0.1, 0.15) is 16.8 Å². The predicted octanol–water partition coefficient (Wildman–Crippen LogP) is 5.50.